The van der Waals surface area contributed by atoms with E-state index in [9.17, 15) is 72.0 Å². The molecule has 0 bridgehead atoms. The second-order valence-corrected chi connectivity index (χ2v) is 43.3. The van der Waals surface area contributed by atoms with Gasteiger partial charge in [0.1, 0.15) is 36.3 Å². The Hall–Kier alpha value is -15.1. The zero-order valence-corrected chi connectivity index (χ0v) is 84.0. The summed E-state index contributed by atoms with van der Waals surface area (Å²) in [5, 5.41) is 50.7. The number of hydrogen-bond donors (Lipinski definition) is 4. The third-order valence-corrected chi connectivity index (χ3v) is 34.5. The fourth-order valence-electron chi connectivity index (χ4n) is 23.0. The second-order valence-electron chi connectivity index (χ2n) is 37.2. The molecule has 16 aromatic rings. The van der Waals surface area contributed by atoms with Crippen molar-refractivity contribution in [3.63, 3.8) is 0 Å². The summed E-state index contributed by atoms with van der Waals surface area (Å²) in [4.78, 5) is 114. The highest BCUT2D eigenvalue weighted by Crippen LogP contribution is 2.58. The van der Waals surface area contributed by atoms with Crippen LogP contribution in [0.5, 0.6) is 23.0 Å². The van der Waals surface area contributed by atoms with Crippen molar-refractivity contribution in [3.8, 4) is 98.8 Å². The van der Waals surface area contributed by atoms with Gasteiger partial charge in [-0.15, -0.1) is 45.8 Å². The smallest absolute Gasteiger partial charge is 0.278 e. The first-order chi connectivity index (χ1) is 72.9. The highest BCUT2D eigenvalue weighted by Gasteiger charge is 2.53. The lowest BCUT2D eigenvalue weighted by Gasteiger charge is -2.51. The van der Waals surface area contributed by atoms with Crippen LogP contribution in [0.2, 0.25) is 13.0 Å². The van der Waals surface area contributed by atoms with E-state index in [-0.39, 0.29) is 85.5 Å². The van der Waals surface area contributed by atoms with Crippen LogP contribution in [0.4, 0.5) is 17.6 Å². The van der Waals surface area contributed by atoms with Gasteiger partial charge in [-0.25, -0.2) is 17.6 Å². The van der Waals surface area contributed by atoms with E-state index in [0.717, 1.165) is 115 Å². The van der Waals surface area contributed by atoms with Gasteiger partial charge in [-0.05, 0) is 138 Å². The number of fused-ring (bicyclic) bond motifs is 25. The molecular formula is C111H81Cl3F4N12O16S4. The average molecular weight is 2150 g/mol. The number of aromatic nitrogens is 4. The predicted octanol–water partition coefficient (Wildman–Crippen LogP) is 18.3. The van der Waals surface area contributed by atoms with Gasteiger partial charge in [0, 0.05) is 123 Å². The second kappa shape index (κ2) is 37.9. The molecule has 4 amide bonds. The number of rotatable bonds is 5. The molecule has 4 fully saturated rings. The Morgan fingerprint density at radius 3 is 0.973 bits per heavy atom. The summed E-state index contributed by atoms with van der Waals surface area (Å²) >= 11 is 25.3. The van der Waals surface area contributed by atoms with Gasteiger partial charge in [-0.2, -0.15) is 0 Å². The molecule has 1 unspecified atom stereocenters. The number of morpholine rings is 4. The number of thioether (sulfide) groups is 1. The molecule has 8 atom stereocenters. The SMILES string of the molecule is O=C1c2c(O)c(=O)ccn2N(C2c3ccccc3-c3cc(Cl)sc3-c3ccccc32)[C@@H]2COCCN12.O=C1c2c(O)c(=O)ccn2N([C@@H]2c3cc(F)ccc3-c3cc(Cl)sc3-c3ccccc32)[C@@H]2COCCN12.O=C1c2c(O)c(=O)ccn2N([C@H]2c3cc(F)ccc3-c3cc(Cl)sc3-c3ccccc32)[C@@H]2COCCN12.O=C1c2c(O)c(=O)ccn2N([C@H]2c3ccc(F)c(F)c3CSc3c(-c4ccccc4)cccc32)[C@@H]2COCCN12. The summed E-state index contributed by atoms with van der Waals surface area (Å²) in [6.07, 6.45) is 3.78. The first-order valence-electron chi connectivity index (χ1n) is 48.0. The topological polar surface area (TPSA) is 300 Å². The molecule has 9 aliphatic heterocycles. The first-order valence-corrected chi connectivity index (χ1v) is 52.5. The van der Waals surface area contributed by atoms with Gasteiger partial charge in [0.05, 0.1) is 90.0 Å². The summed E-state index contributed by atoms with van der Waals surface area (Å²) in [6.45, 7) is 3.37. The van der Waals surface area contributed by atoms with Crippen LogP contribution in [0, 0.1) is 23.3 Å². The normalized spacial score (nSPS) is 19.9. The van der Waals surface area contributed by atoms with E-state index in [1.807, 2.05) is 155 Å². The summed E-state index contributed by atoms with van der Waals surface area (Å²) in [5.41, 5.74) is 14.1. The van der Waals surface area contributed by atoms with E-state index in [0.29, 0.717) is 69.3 Å². The molecule has 7 aromatic heterocycles. The van der Waals surface area contributed by atoms with Crippen molar-refractivity contribution in [1.82, 2.24) is 38.3 Å². The molecule has 28 rings (SSSR count). The van der Waals surface area contributed by atoms with Crippen LogP contribution in [0.15, 0.2) is 285 Å². The lowest BCUT2D eigenvalue weighted by Crippen LogP contribution is -2.66. The van der Waals surface area contributed by atoms with E-state index < -0.39 is 128 Å². The molecule has 0 radical (unpaired) electrons. The van der Waals surface area contributed by atoms with E-state index in [4.69, 9.17) is 53.8 Å². The molecule has 12 aliphatic rings. The van der Waals surface area contributed by atoms with Gasteiger partial charge in [0.15, 0.2) is 57.4 Å². The number of benzene rings is 9. The van der Waals surface area contributed by atoms with Crippen molar-refractivity contribution in [2.75, 3.05) is 99.1 Å². The molecule has 4 N–H and O–H groups in total. The number of amides is 4. The van der Waals surface area contributed by atoms with E-state index in [1.54, 1.807) is 60.0 Å². The van der Waals surface area contributed by atoms with Crippen LogP contribution in [-0.2, 0) is 24.7 Å². The molecule has 3 aliphatic carbocycles. The number of halogens is 7. The Kier molecular flexibility index (Phi) is 24.2. The molecular weight excluding hydrogens is 2070 g/mol. The average Bonchev–Trinajstić information content (AvgIpc) is 1.06. The fourth-order valence-corrected chi connectivity index (χ4v) is 28.1. The molecule has 754 valence electrons. The first kappa shape index (κ1) is 95.8. The summed E-state index contributed by atoms with van der Waals surface area (Å²) in [7, 11) is 0. The minimum Gasteiger partial charge on any atom is -0.502 e. The molecule has 39 heteroatoms. The summed E-state index contributed by atoms with van der Waals surface area (Å²) < 4.78 is 91.3. The van der Waals surface area contributed by atoms with Gasteiger partial charge in [-0.1, -0.05) is 199 Å². The quantitative estimate of drug-likeness (QED) is 0.116. The lowest BCUT2D eigenvalue weighted by atomic mass is 9.91. The maximum Gasteiger partial charge on any atom is 0.278 e. The molecule has 0 spiro atoms. The summed E-state index contributed by atoms with van der Waals surface area (Å²) in [5.74, 6) is -6.69. The Morgan fingerprint density at radius 2 is 0.607 bits per heavy atom. The van der Waals surface area contributed by atoms with Crippen LogP contribution >= 0.6 is 80.6 Å². The minimum absolute atomic E-state index is 0.0299. The molecule has 4 saturated heterocycles. The van der Waals surface area contributed by atoms with Crippen LogP contribution < -0.4 is 41.8 Å². The van der Waals surface area contributed by atoms with Crippen molar-refractivity contribution < 1.29 is 76.1 Å². The third kappa shape index (κ3) is 15.5. The van der Waals surface area contributed by atoms with E-state index in [1.165, 1.54) is 116 Å². The van der Waals surface area contributed by atoms with Crippen LogP contribution in [-0.4, -0.2) is 186 Å². The minimum atomic E-state index is -0.939. The van der Waals surface area contributed by atoms with Crippen LogP contribution in [0.3, 0.4) is 0 Å². The zero-order valence-electron chi connectivity index (χ0n) is 78.5. The number of ether oxygens (including phenoxy) is 4. The lowest BCUT2D eigenvalue weighted by molar-refractivity contribution is -0.0198. The molecule has 28 nitrogen and oxygen atoms in total. The molecule has 0 saturated carbocycles. The Balaban J connectivity index is 0.000000104. The molecule has 150 heavy (non-hydrogen) atoms. The van der Waals surface area contributed by atoms with Gasteiger partial charge in [-0.3, -0.25) is 77.1 Å². The van der Waals surface area contributed by atoms with Crippen molar-refractivity contribution in [3.05, 3.63) is 411 Å². The van der Waals surface area contributed by atoms with Gasteiger partial charge < -0.3 is 59.0 Å². The standard InChI is InChI=1S/C30H23F2N3O4S.2C27H19ClFN3O4S.C27H20ClN3O4S/c31-22-10-9-19-21(25(22)32)16-40-29-18(17-5-2-1-3-6-17)7-4-8-20(29)26(19)35-24-15-39-14-13-33(24)30(38)27-28(37)23(36)11-12-34(27)35;2*28-21-12-19-15-6-5-14(29)11-18(15)23(16-3-1-2-4-17(16)26(19)37-21)32-22-13-36-10-9-30(22)27(35)24-25(34)20(33)7-8-31(24)32;28-21-13-19-15-5-1-2-6-16(15)23(17-7-3-4-8-18(17)26(19)36-21)31-22-14-35-12-11-29(22)27(34)24-25(33)20(32)9-10-30(24)31/h1-12,24,26,37H,13-16H2;2*1-8,11-12,22-23,34H,9-10,13H2;1-10,13,22-23,33H,11-12,14H2/t24-,26+;22-,23+;22-,23-;22-,23?/m1111/s1. The van der Waals surface area contributed by atoms with Crippen molar-refractivity contribution in [2.24, 2.45) is 0 Å². The van der Waals surface area contributed by atoms with Gasteiger partial charge in [0.25, 0.3) is 23.6 Å². The number of carbonyl (C=O) groups is 4. The van der Waals surface area contributed by atoms with Gasteiger partial charge >= 0.3 is 0 Å². The Morgan fingerprint density at radius 1 is 0.300 bits per heavy atom. The summed E-state index contributed by atoms with van der Waals surface area (Å²) in [6, 6.07) is 68.3. The predicted molar refractivity (Wildman–Crippen MR) is 561 cm³/mol. The van der Waals surface area contributed by atoms with Crippen molar-refractivity contribution in [2.45, 2.75) is 59.5 Å². The van der Waals surface area contributed by atoms with Crippen LogP contribution in [0.1, 0.15) is 116 Å². The number of aromatic hydroxyl groups is 4. The maximum atomic E-state index is 15.5. The number of pyridine rings is 4. The number of hydrogen-bond acceptors (Lipinski definition) is 24. The largest absolute Gasteiger partial charge is 0.502 e. The highest BCUT2D eigenvalue weighted by molar-refractivity contribution is 7.98. The van der Waals surface area contributed by atoms with Crippen molar-refractivity contribution >= 4 is 104 Å². The van der Waals surface area contributed by atoms with Crippen LogP contribution in [0.25, 0.3) is 75.8 Å². The third-order valence-electron chi connectivity index (χ3n) is 29.4. The zero-order chi connectivity index (χ0) is 103. The van der Waals surface area contributed by atoms with E-state index in [2.05, 4.69) is 29.3 Å². The van der Waals surface area contributed by atoms with Gasteiger partial charge in [0.2, 0.25) is 21.7 Å². The Bertz CT molecular complexity index is 8330. The molecule has 9 aromatic carbocycles. The molecule has 16 heterocycles. The Labute approximate surface area is 881 Å². The number of nitrogens with zero attached hydrogens (tertiary/aromatic N) is 12. The number of carbonyl (C=O) groups excluding carboxylic acids is 4. The maximum absolute atomic E-state index is 15.5. The number of thiophene rings is 3. The monoisotopic (exact) mass is 2150 g/mol. The van der Waals surface area contributed by atoms with Crippen molar-refractivity contribution in [1.29, 1.82) is 0 Å². The fraction of sp³-hybridized carbons (Fsp3) is 0.189. The van der Waals surface area contributed by atoms with E-state index >= 15 is 4.39 Å². The highest BCUT2D eigenvalue weighted by atomic mass is 35.5.